The Morgan fingerprint density at radius 1 is 1.56 bits per heavy atom. The van der Waals surface area contributed by atoms with Gasteiger partial charge in [-0.05, 0) is 43.4 Å². The van der Waals surface area contributed by atoms with Gasteiger partial charge in [-0.1, -0.05) is 6.07 Å². The smallest absolute Gasteiger partial charge is 0.165 e. The second-order valence-electron chi connectivity index (χ2n) is 4.71. The number of nitrogens with two attached hydrogens (primary N) is 1. The Labute approximate surface area is 107 Å². The molecule has 0 saturated carbocycles. The van der Waals surface area contributed by atoms with Crippen LogP contribution >= 0.6 is 0 Å². The van der Waals surface area contributed by atoms with Gasteiger partial charge >= 0.3 is 0 Å². The molecule has 0 aromatic heterocycles. The van der Waals surface area contributed by atoms with Crippen molar-refractivity contribution in [3.63, 3.8) is 0 Å². The average molecular weight is 253 g/mol. The third kappa shape index (κ3) is 3.21. The van der Waals surface area contributed by atoms with E-state index in [1.807, 2.05) is 6.07 Å². The molecule has 0 aliphatic carbocycles. The Kier molecular flexibility index (Phi) is 4.55. The molecule has 0 spiro atoms. The molecule has 1 aromatic rings. The summed E-state index contributed by atoms with van der Waals surface area (Å²) in [5.74, 6) is -0.104. The summed E-state index contributed by atoms with van der Waals surface area (Å²) in [5.41, 5.74) is 6.88. The molecule has 0 radical (unpaired) electrons. The molecule has 2 unspecified atom stereocenters. The van der Waals surface area contributed by atoms with Gasteiger partial charge in [-0.2, -0.15) is 0 Å². The third-order valence-electron chi connectivity index (χ3n) is 3.43. The fourth-order valence-electron chi connectivity index (χ4n) is 2.32. The van der Waals surface area contributed by atoms with Crippen molar-refractivity contribution in [1.29, 1.82) is 0 Å². The van der Waals surface area contributed by atoms with Crippen LogP contribution in [0.2, 0.25) is 0 Å². The maximum absolute atomic E-state index is 13.5. The van der Waals surface area contributed by atoms with Gasteiger partial charge in [-0.15, -0.1) is 0 Å². The zero-order valence-corrected chi connectivity index (χ0v) is 10.7. The van der Waals surface area contributed by atoms with Crippen molar-refractivity contribution in [2.45, 2.75) is 37.8 Å². The molecule has 100 valence electrons. The molecule has 1 aliphatic heterocycles. The van der Waals surface area contributed by atoms with E-state index in [9.17, 15) is 4.39 Å². The van der Waals surface area contributed by atoms with Crippen LogP contribution in [0, 0.1) is 5.82 Å². The SMILES string of the molecule is COc1ccc(C(N)CCC2CCCO2)cc1F. The lowest BCUT2D eigenvalue weighted by Crippen LogP contribution is -2.14. The lowest BCUT2D eigenvalue weighted by Gasteiger charge is -2.15. The van der Waals surface area contributed by atoms with Gasteiger partial charge < -0.3 is 15.2 Å². The first-order chi connectivity index (χ1) is 8.70. The molecule has 2 N–H and O–H groups in total. The maximum atomic E-state index is 13.5. The molecule has 1 fully saturated rings. The Balaban J connectivity index is 1.91. The summed E-state index contributed by atoms with van der Waals surface area (Å²) in [4.78, 5) is 0. The quantitative estimate of drug-likeness (QED) is 0.877. The zero-order chi connectivity index (χ0) is 13.0. The van der Waals surface area contributed by atoms with E-state index in [0.717, 1.165) is 37.9 Å². The van der Waals surface area contributed by atoms with E-state index in [0.29, 0.717) is 6.10 Å². The maximum Gasteiger partial charge on any atom is 0.165 e. The van der Waals surface area contributed by atoms with Crippen molar-refractivity contribution in [3.8, 4) is 5.75 Å². The number of ether oxygens (including phenoxy) is 2. The van der Waals surface area contributed by atoms with Gasteiger partial charge in [0.05, 0.1) is 13.2 Å². The highest BCUT2D eigenvalue weighted by atomic mass is 19.1. The monoisotopic (exact) mass is 253 g/mol. The van der Waals surface area contributed by atoms with Crippen LogP contribution < -0.4 is 10.5 Å². The third-order valence-corrected chi connectivity index (χ3v) is 3.43. The van der Waals surface area contributed by atoms with E-state index in [-0.39, 0.29) is 17.6 Å². The first kappa shape index (κ1) is 13.3. The minimum Gasteiger partial charge on any atom is -0.494 e. The Bertz CT molecular complexity index is 391. The molecular formula is C14H20FNO2. The van der Waals surface area contributed by atoms with Gasteiger partial charge in [-0.3, -0.25) is 0 Å². The van der Waals surface area contributed by atoms with Gasteiger partial charge in [0.1, 0.15) is 0 Å². The molecule has 4 heteroatoms. The van der Waals surface area contributed by atoms with Crippen molar-refractivity contribution in [2.24, 2.45) is 5.73 Å². The van der Waals surface area contributed by atoms with Gasteiger partial charge in [-0.25, -0.2) is 4.39 Å². The van der Waals surface area contributed by atoms with E-state index < -0.39 is 0 Å². The van der Waals surface area contributed by atoms with E-state index in [1.165, 1.54) is 13.2 Å². The molecule has 1 heterocycles. The van der Waals surface area contributed by atoms with Gasteiger partial charge in [0.2, 0.25) is 0 Å². The number of halogens is 1. The van der Waals surface area contributed by atoms with Crippen molar-refractivity contribution in [2.75, 3.05) is 13.7 Å². The van der Waals surface area contributed by atoms with Crippen LogP contribution in [0.1, 0.15) is 37.3 Å². The molecular weight excluding hydrogens is 233 g/mol. The molecule has 2 rings (SSSR count). The normalized spacial score (nSPS) is 20.9. The van der Waals surface area contributed by atoms with Crippen LogP contribution in [0.25, 0.3) is 0 Å². The van der Waals surface area contributed by atoms with Crippen LogP contribution in [-0.2, 0) is 4.74 Å². The summed E-state index contributed by atoms with van der Waals surface area (Å²) in [6.07, 6.45) is 4.34. The highest BCUT2D eigenvalue weighted by Gasteiger charge is 2.17. The standard InChI is InChI=1S/C14H20FNO2/c1-17-14-7-4-10(9-12(14)15)13(16)6-5-11-3-2-8-18-11/h4,7,9,11,13H,2-3,5-6,8,16H2,1H3. The molecule has 2 atom stereocenters. The van der Waals surface area contributed by atoms with Crippen molar-refractivity contribution >= 4 is 0 Å². The molecule has 1 aromatic carbocycles. The number of hydrogen-bond donors (Lipinski definition) is 1. The molecule has 1 saturated heterocycles. The summed E-state index contributed by atoms with van der Waals surface area (Å²) in [6, 6.07) is 4.76. The van der Waals surface area contributed by atoms with Crippen LogP contribution in [-0.4, -0.2) is 19.8 Å². The lowest BCUT2D eigenvalue weighted by molar-refractivity contribution is 0.101. The summed E-state index contributed by atoms with van der Waals surface area (Å²) < 4.78 is 24.0. The topological polar surface area (TPSA) is 44.5 Å². The molecule has 0 amide bonds. The van der Waals surface area contributed by atoms with E-state index in [4.69, 9.17) is 15.2 Å². The molecule has 18 heavy (non-hydrogen) atoms. The van der Waals surface area contributed by atoms with E-state index in [1.54, 1.807) is 6.07 Å². The largest absolute Gasteiger partial charge is 0.494 e. The minimum atomic E-state index is -0.359. The minimum absolute atomic E-state index is 0.144. The van der Waals surface area contributed by atoms with Gasteiger partial charge in [0.25, 0.3) is 0 Å². The average Bonchev–Trinajstić information content (AvgIpc) is 2.89. The summed E-state index contributed by atoms with van der Waals surface area (Å²) in [7, 11) is 1.45. The Hall–Kier alpha value is -1.13. The van der Waals surface area contributed by atoms with Crippen molar-refractivity contribution in [3.05, 3.63) is 29.6 Å². The fourth-order valence-corrected chi connectivity index (χ4v) is 2.32. The van der Waals surface area contributed by atoms with Crippen molar-refractivity contribution in [1.82, 2.24) is 0 Å². The Morgan fingerprint density at radius 3 is 3.00 bits per heavy atom. The fraction of sp³-hybridized carbons (Fsp3) is 0.571. The summed E-state index contributed by atoms with van der Waals surface area (Å²) >= 11 is 0. The summed E-state index contributed by atoms with van der Waals surface area (Å²) in [6.45, 7) is 0.858. The predicted molar refractivity (Wildman–Crippen MR) is 68.1 cm³/mol. The van der Waals surface area contributed by atoms with Gasteiger partial charge in [0, 0.05) is 12.6 Å². The van der Waals surface area contributed by atoms with Crippen LogP contribution in [0.3, 0.4) is 0 Å². The number of hydrogen-bond acceptors (Lipinski definition) is 3. The zero-order valence-electron chi connectivity index (χ0n) is 10.7. The summed E-state index contributed by atoms with van der Waals surface area (Å²) in [5, 5.41) is 0. The van der Waals surface area contributed by atoms with Crippen LogP contribution in [0.4, 0.5) is 4.39 Å². The highest BCUT2D eigenvalue weighted by Crippen LogP contribution is 2.25. The second kappa shape index (κ2) is 6.16. The van der Waals surface area contributed by atoms with E-state index in [2.05, 4.69) is 0 Å². The first-order valence-corrected chi connectivity index (χ1v) is 6.41. The highest BCUT2D eigenvalue weighted by molar-refractivity contribution is 5.30. The number of methoxy groups -OCH3 is 1. The molecule has 0 bridgehead atoms. The van der Waals surface area contributed by atoms with Crippen molar-refractivity contribution < 1.29 is 13.9 Å². The number of benzene rings is 1. The molecule has 1 aliphatic rings. The molecule has 3 nitrogen and oxygen atoms in total. The van der Waals surface area contributed by atoms with E-state index >= 15 is 0 Å². The Morgan fingerprint density at radius 2 is 2.39 bits per heavy atom. The van der Waals surface area contributed by atoms with Crippen LogP contribution in [0.15, 0.2) is 18.2 Å². The van der Waals surface area contributed by atoms with Crippen LogP contribution in [0.5, 0.6) is 5.75 Å². The number of rotatable bonds is 5. The first-order valence-electron chi connectivity index (χ1n) is 6.41. The second-order valence-corrected chi connectivity index (χ2v) is 4.71. The predicted octanol–water partition coefficient (Wildman–Crippen LogP) is 2.79. The lowest BCUT2D eigenvalue weighted by atomic mass is 10.00. The van der Waals surface area contributed by atoms with Gasteiger partial charge in [0.15, 0.2) is 11.6 Å².